The normalized spacial score (nSPS) is 10.7. The Morgan fingerprint density at radius 3 is 2.38 bits per heavy atom. The highest BCUT2D eigenvalue weighted by molar-refractivity contribution is 6.05. The van der Waals surface area contributed by atoms with Crippen LogP contribution in [-0.2, 0) is 4.79 Å². The second-order valence-electron chi connectivity index (χ2n) is 7.97. The van der Waals surface area contributed by atoms with Crippen LogP contribution in [0.4, 0.5) is 0 Å². The van der Waals surface area contributed by atoms with Crippen LogP contribution in [0.1, 0.15) is 27.0 Å². The number of ether oxygens (including phenoxy) is 1. The molecule has 0 aliphatic rings. The van der Waals surface area contributed by atoms with E-state index in [1.165, 1.54) is 6.07 Å². The monoisotopic (exact) mass is 456 g/mol. The van der Waals surface area contributed by atoms with Crippen LogP contribution in [0.3, 0.4) is 0 Å². The summed E-state index contributed by atoms with van der Waals surface area (Å²) in [5.74, 6) is -0.196. The third-order valence-corrected chi connectivity index (χ3v) is 5.59. The van der Waals surface area contributed by atoms with Gasteiger partial charge in [0.1, 0.15) is 11.5 Å². The molecule has 7 heteroatoms. The van der Waals surface area contributed by atoms with Gasteiger partial charge in [-0.15, -0.1) is 0 Å². The predicted octanol–water partition coefficient (Wildman–Crippen LogP) is 4.23. The Labute approximate surface area is 196 Å². The molecular formula is C27H24N2O5. The van der Waals surface area contributed by atoms with E-state index in [1.807, 2.05) is 56.3 Å². The van der Waals surface area contributed by atoms with Gasteiger partial charge in [0, 0.05) is 11.1 Å². The number of aryl methyl sites for hydroxylation is 2. The van der Waals surface area contributed by atoms with E-state index in [0.29, 0.717) is 17.1 Å². The van der Waals surface area contributed by atoms with Crippen molar-refractivity contribution in [2.45, 2.75) is 20.8 Å². The van der Waals surface area contributed by atoms with Gasteiger partial charge >= 0.3 is 0 Å². The second-order valence-corrected chi connectivity index (χ2v) is 7.97. The van der Waals surface area contributed by atoms with Gasteiger partial charge in [-0.1, -0.05) is 42.5 Å². The molecule has 0 spiro atoms. The van der Waals surface area contributed by atoms with Gasteiger partial charge in [-0.3, -0.25) is 25.2 Å². The standard InChI is InChI=1S/C27H24N2O5/c1-16-12-13-20(14-17(16)2)33-15-23(30)28-29-27(32)22-11-7-10-21-24(31)18(3)25(34-26(21)22)19-8-5-4-6-9-19/h4-14H,15H2,1-3H3,(H,28,30)(H,29,32). The molecule has 172 valence electrons. The van der Waals surface area contributed by atoms with Crippen LogP contribution >= 0.6 is 0 Å². The lowest BCUT2D eigenvalue weighted by molar-refractivity contribution is -0.123. The molecule has 0 saturated carbocycles. The Balaban J connectivity index is 1.52. The Morgan fingerprint density at radius 2 is 1.65 bits per heavy atom. The smallest absolute Gasteiger partial charge is 0.276 e. The van der Waals surface area contributed by atoms with Crippen molar-refractivity contribution < 1.29 is 18.7 Å². The summed E-state index contributed by atoms with van der Waals surface area (Å²) in [5, 5.41) is 0.286. The highest BCUT2D eigenvalue weighted by Gasteiger charge is 2.18. The van der Waals surface area contributed by atoms with Gasteiger partial charge in [0.05, 0.1) is 10.9 Å². The molecule has 0 bridgehead atoms. The fourth-order valence-corrected chi connectivity index (χ4v) is 3.54. The molecule has 7 nitrogen and oxygen atoms in total. The molecule has 3 aromatic carbocycles. The SMILES string of the molecule is Cc1ccc(OCC(=O)NNC(=O)c2cccc3c(=O)c(C)c(-c4ccccc4)oc23)cc1C. The number of hydrazine groups is 1. The van der Waals surface area contributed by atoms with E-state index < -0.39 is 11.8 Å². The lowest BCUT2D eigenvalue weighted by Gasteiger charge is -2.12. The van der Waals surface area contributed by atoms with Crippen molar-refractivity contribution in [3.63, 3.8) is 0 Å². The molecule has 0 aliphatic heterocycles. The molecule has 0 saturated heterocycles. The van der Waals surface area contributed by atoms with E-state index in [-0.39, 0.29) is 28.6 Å². The minimum absolute atomic E-state index is 0.127. The minimum atomic E-state index is -0.615. The maximum absolute atomic E-state index is 13.0. The summed E-state index contributed by atoms with van der Waals surface area (Å²) in [4.78, 5) is 38.0. The van der Waals surface area contributed by atoms with Gasteiger partial charge in [-0.2, -0.15) is 0 Å². The van der Waals surface area contributed by atoms with E-state index in [9.17, 15) is 14.4 Å². The highest BCUT2D eigenvalue weighted by Crippen LogP contribution is 2.27. The first-order valence-corrected chi connectivity index (χ1v) is 10.8. The average Bonchev–Trinajstić information content (AvgIpc) is 2.85. The summed E-state index contributed by atoms with van der Waals surface area (Å²) in [7, 11) is 0. The maximum atomic E-state index is 13.0. The van der Waals surface area contributed by atoms with Gasteiger partial charge in [0.25, 0.3) is 11.8 Å². The molecule has 0 atom stereocenters. The number of carbonyl (C=O) groups is 2. The molecule has 0 unspecified atom stereocenters. The van der Waals surface area contributed by atoms with Crippen LogP contribution in [0.15, 0.2) is 75.9 Å². The summed E-state index contributed by atoms with van der Waals surface area (Å²) < 4.78 is 11.5. The van der Waals surface area contributed by atoms with E-state index in [0.717, 1.165) is 16.7 Å². The van der Waals surface area contributed by atoms with Crippen molar-refractivity contribution >= 4 is 22.8 Å². The van der Waals surface area contributed by atoms with Crippen LogP contribution in [-0.4, -0.2) is 18.4 Å². The van der Waals surface area contributed by atoms with Gasteiger partial charge < -0.3 is 9.15 Å². The summed E-state index contributed by atoms with van der Waals surface area (Å²) in [6.45, 7) is 5.36. The van der Waals surface area contributed by atoms with E-state index in [2.05, 4.69) is 10.9 Å². The maximum Gasteiger partial charge on any atom is 0.276 e. The van der Waals surface area contributed by atoms with Crippen LogP contribution < -0.4 is 21.0 Å². The zero-order valence-corrected chi connectivity index (χ0v) is 19.1. The zero-order chi connectivity index (χ0) is 24.2. The predicted molar refractivity (Wildman–Crippen MR) is 130 cm³/mol. The lowest BCUT2D eigenvalue weighted by atomic mass is 10.0. The van der Waals surface area contributed by atoms with Crippen molar-refractivity contribution in [1.82, 2.24) is 10.9 Å². The average molecular weight is 456 g/mol. The third kappa shape index (κ3) is 4.68. The minimum Gasteiger partial charge on any atom is -0.484 e. The first-order chi connectivity index (χ1) is 16.3. The van der Waals surface area contributed by atoms with Gasteiger partial charge in [-0.05, 0) is 56.2 Å². The highest BCUT2D eigenvalue weighted by atomic mass is 16.5. The number of carbonyl (C=O) groups excluding carboxylic acids is 2. The number of rotatable bonds is 5. The molecule has 4 aromatic rings. The first-order valence-electron chi connectivity index (χ1n) is 10.8. The largest absolute Gasteiger partial charge is 0.484 e. The van der Waals surface area contributed by atoms with Crippen LogP contribution in [0.25, 0.3) is 22.3 Å². The van der Waals surface area contributed by atoms with Crippen molar-refractivity contribution in [2.75, 3.05) is 6.61 Å². The molecule has 0 fully saturated rings. The number of nitrogens with one attached hydrogen (secondary N) is 2. The molecule has 34 heavy (non-hydrogen) atoms. The van der Waals surface area contributed by atoms with Gasteiger partial charge in [-0.25, -0.2) is 0 Å². The van der Waals surface area contributed by atoms with Crippen molar-refractivity contribution in [1.29, 1.82) is 0 Å². The number of hydrogen-bond donors (Lipinski definition) is 2. The number of amides is 2. The topological polar surface area (TPSA) is 97.6 Å². The van der Waals surface area contributed by atoms with Crippen LogP contribution in [0, 0.1) is 20.8 Å². The molecule has 1 aromatic heterocycles. The molecule has 2 amide bonds. The molecule has 1 heterocycles. The summed E-state index contributed by atoms with van der Waals surface area (Å²) in [5.41, 5.74) is 8.10. The van der Waals surface area contributed by atoms with E-state index in [1.54, 1.807) is 25.1 Å². The van der Waals surface area contributed by atoms with Crippen LogP contribution in [0.2, 0.25) is 0 Å². The summed E-state index contributed by atoms with van der Waals surface area (Å²) >= 11 is 0. The molecule has 0 aliphatic carbocycles. The Hall–Kier alpha value is -4.39. The number of fused-ring (bicyclic) bond motifs is 1. The Morgan fingerprint density at radius 1 is 0.882 bits per heavy atom. The number of para-hydroxylation sites is 1. The van der Waals surface area contributed by atoms with Crippen molar-refractivity contribution in [3.8, 4) is 17.1 Å². The van der Waals surface area contributed by atoms with Crippen molar-refractivity contribution in [3.05, 3.63) is 99.2 Å². The van der Waals surface area contributed by atoms with Gasteiger partial charge in [0.15, 0.2) is 17.6 Å². The third-order valence-electron chi connectivity index (χ3n) is 5.59. The lowest BCUT2D eigenvalue weighted by Crippen LogP contribution is -2.43. The quantitative estimate of drug-likeness (QED) is 0.438. The van der Waals surface area contributed by atoms with Crippen LogP contribution in [0.5, 0.6) is 5.75 Å². The van der Waals surface area contributed by atoms with Gasteiger partial charge in [0.2, 0.25) is 0 Å². The Bertz CT molecular complexity index is 1440. The summed E-state index contributed by atoms with van der Waals surface area (Å²) in [6, 6.07) is 19.5. The fraction of sp³-hybridized carbons (Fsp3) is 0.148. The fourth-order valence-electron chi connectivity index (χ4n) is 3.54. The molecule has 4 rings (SSSR count). The second kappa shape index (κ2) is 9.62. The molecule has 2 N–H and O–H groups in total. The molecule has 0 radical (unpaired) electrons. The zero-order valence-electron chi connectivity index (χ0n) is 19.1. The number of hydrogen-bond acceptors (Lipinski definition) is 5. The van der Waals surface area contributed by atoms with E-state index in [4.69, 9.17) is 9.15 Å². The number of benzene rings is 3. The Kier molecular flexibility index (Phi) is 6.45. The summed E-state index contributed by atoms with van der Waals surface area (Å²) in [6.07, 6.45) is 0. The van der Waals surface area contributed by atoms with E-state index >= 15 is 0 Å². The molecular weight excluding hydrogens is 432 g/mol. The first kappa shape index (κ1) is 22.8. The van der Waals surface area contributed by atoms with Crippen molar-refractivity contribution in [2.24, 2.45) is 0 Å².